The first kappa shape index (κ1) is 14.2. The van der Waals surface area contributed by atoms with E-state index in [4.69, 9.17) is 23.2 Å². The van der Waals surface area contributed by atoms with Gasteiger partial charge in [-0.15, -0.1) is 10.2 Å². The second-order valence-electron chi connectivity index (χ2n) is 3.23. The van der Waals surface area contributed by atoms with Gasteiger partial charge in [0.05, 0.1) is 0 Å². The van der Waals surface area contributed by atoms with Gasteiger partial charge in [-0.3, -0.25) is 0 Å². The zero-order chi connectivity index (χ0) is 13.1. The molecular weight excluding hydrogens is 280 g/mol. The molecule has 1 aromatic heterocycles. The molecule has 1 aromatic rings. The molecule has 0 radical (unpaired) electrons. The predicted molar refractivity (Wildman–Crippen MR) is 58.4 cm³/mol. The lowest BCUT2D eigenvalue weighted by atomic mass is 10.4. The predicted octanol–water partition coefficient (Wildman–Crippen LogP) is 2.96. The van der Waals surface area contributed by atoms with Crippen LogP contribution in [0.3, 0.4) is 0 Å². The molecule has 0 saturated carbocycles. The van der Waals surface area contributed by atoms with Crippen molar-refractivity contribution in [2.45, 2.75) is 19.5 Å². The van der Waals surface area contributed by atoms with Gasteiger partial charge in [-0.05, 0) is 18.0 Å². The van der Waals surface area contributed by atoms with Crippen molar-refractivity contribution in [2.24, 2.45) is 0 Å². The van der Waals surface area contributed by atoms with Crippen LogP contribution in [0.25, 0.3) is 0 Å². The van der Waals surface area contributed by atoms with Crippen LogP contribution >= 0.6 is 23.2 Å². The summed E-state index contributed by atoms with van der Waals surface area (Å²) in [4.78, 5) is 4.64. The number of alkyl halides is 3. The van der Waals surface area contributed by atoms with Crippen molar-refractivity contribution in [1.29, 1.82) is 0 Å². The molecule has 0 aliphatic rings. The minimum absolute atomic E-state index is 0.106. The molecule has 9 heteroatoms. The van der Waals surface area contributed by atoms with Gasteiger partial charge >= 0.3 is 6.18 Å². The molecule has 96 valence electrons. The van der Waals surface area contributed by atoms with E-state index in [1.54, 1.807) is 6.92 Å². The summed E-state index contributed by atoms with van der Waals surface area (Å²) in [5.74, 6) is -0.106. The van der Waals surface area contributed by atoms with Gasteiger partial charge in [-0.25, -0.2) is 0 Å². The van der Waals surface area contributed by atoms with Crippen LogP contribution in [0.4, 0.5) is 19.0 Å². The number of hydrogen-bond acceptors (Lipinski definition) is 4. The Kier molecular flexibility index (Phi) is 4.76. The van der Waals surface area contributed by atoms with Gasteiger partial charge in [0.25, 0.3) is 0 Å². The van der Waals surface area contributed by atoms with E-state index in [-0.39, 0.29) is 22.8 Å². The monoisotopic (exact) mass is 288 g/mol. The molecule has 0 saturated heterocycles. The molecule has 0 spiro atoms. The molecule has 0 unspecified atom stereocenters. The van der Waals surface area contributed by atoms with Crippen molar-refractivity contribution in [2.75, 3.05) is 18.0 Å². The summed E-state index contributed by atoms with van der Waals surface area (Å²) in [6.07, 6.45) is -3.84. The van der Waals surface area contributed by atoms with Crippen molar-refractivity contribution < 1.29 is 13.2 Å². The molecule has 0 amide bonds. The van der Waals surface area contributed by atoms with Crippen molar-refractivity contribution in [3.8, 4) is 0 Å². The molecule has 0 N–H and O–H groups in total. The molecule has 0 aliphatic carbocycles. The molecule has 1 heterocycles. The maximum absolute atomic E-state index is 12.4. The Hall–Kier alpha value is -0.820. The highest BCUT2D eigenvalue weighted by Crippen LogP contribution is 2.25. The quantitative estimate of drug-likeness (QED) is 0.854. The molecule has 4 nitrogen and oxygen atoms in total. The SMILES string of the molecule is CCCN(CC(F)(F)F)c1nc(Cl)nnc1Cl. The molecule has 0 bridgehead atoms. The molecule has 0 fully saturated rings. The summed E-state index contributed by atoms with van der Waals surface area (Å²) in [7, 11) is 0. The largest absolute Gasteiger partial charge is 0.405 e. The topological polar surface area (TPSA) is 41.9 Å². The number of halogens is 5. The van der Waals surface area contributed by atoms with Gasteiger partial charge in [-0.1, -0.05) is 18.5 Å². The highest BCUT2D eigenvalue weighted by Gasteiger charge is 2.32. The Morgan fingerprint density at radius 2 is 1.88 bits per heavy atom. The van der Waals surface area contributed by atoms with E-state index in [1.165, 1.54) is 0 Å². The molecular formula is C8H9Cl2F3N4. The minimum Gasteiger partial charge on any atom is -0.345 e. The van der Waals surface area contributed by atoms with Crippen molar-refractivity contribution in [3.05, 3.63) is 10.4 Å². The van der Waals surface area contributed by atoms with Crippen molar-refractivity contribution >= 4 is 29.0 Å². The Balaban J connectivity index is 3.00. The van der Waals surface area contributed by atoms with Crippen molar-refractivity contribution in [3.63, 3.8) is 0 Å². The van der Waals surface area contributed by atoms with Gasteiger partial charge in [0, 0.05) is 6.54 Å². The van der Waals surface area contributed by atoms with Crippen LogP contribution < -0.4 is 4.90 Å². The second kappa shape index (κ2) is 5.68. The molecule has 1 rings (SSSR count). The fourth-order valence-corrected chi connectivity index (χ4v) is 1.55. The average Bonchev–Trinajstić information content (AvgIpc) is 2.19. The second-order valence-corrected chi connectivity index (χ2v) is 3.93. The number of nitrogens with zero attached hydrogens (tertiary/aromatic N) is 4. The maximum Gasteiger partial charge on any atom is 0.405 e. The Morgan fingerprint density at radius 1 is 1.24 bits per heavy atom. The van der Waals surface area contributed by atoms with E-state index in [0.29, 0.717) is 6.42 Å². The van der Waals surface area contributed by atoms with E-state index in [1.807, 2.05) is 0 Å². The van der Waals surface area contributed by atoms with Gasteiger partial charge < -0.3 is 4.90 Å². The summed E-state index contributed by atoms with van der Waals surface area (Å²) in [6, 6.07) is 0. The first-order valence-electron chi connectivity index (χ1n) is 4.71. The lowest BCUT2D eigenvalue weighted by Crippen LogP contribution is -2.35. The third-order valence-electron chi connectivity index (χ3n) is 1.77. The minimum atomic E-state index is -4.35. The Morgan fingerprint density at radius 3 is 2.41 bits per heavy atom. The van der Waals surface area contributed by atoms with E-state index in [2.05, 4.69) is 15.2 Å². The zero-order valence-corrected chi connectivity index (χ0v) is 10.3. The molecule has 0 atom stereocenters. The van der Waals surface area contributed by atoms with Crippen LogP contribution in [0.1, 0.15) is 13.3 Å². The lowest BCUT2D eigenvalue weighted by molar-refractivity contribution is -0.119. The fraction of sp³-hybridized carbons (Fsp3) is 0.625. The van der Waals surface area contributed by atoms with Crippen LogP contribution in [-0.4, -0.2) is 34.4 Å². The lowest BCUT2D eigenvalue weighted by Gasteiger charge is -2.24. The first-order valence-corrected chi connectivity index (χ1v) is 5.46. The average molecular weight is 289 g/mol. The molecule has 17 heavy (non-hydrogen) atoms. The summed E-state index contributed by atoms with van der Waals surface area (Å²) in [5, 5.41) is 6.32. The third-order valence-corrected chi connectivity index (χ3v) is 2.17. The van der Waals surface area contributed by atoms with Crippen LogP contribution in [-0.2, 0) is 0 Å². The van der Waals surface area contributed by atoms with E-state index >= 15 is 0 Å². The number of anilines is 1. The number of aromatic nitrogens is 3. The Bertz CT molecular complexity index is 386. The summed E-state index contributed by atoms with van der Waals surface area (Å²) in [6.45, 7) is 0.733. The smallest absolute Gasteiger partial charge is 0.345 e. The maximum atomic E-state index is 12.4. The molecule has 0 aliphatic heterocycles. The fourth-order valence-electron chi connectivity index (χ4n) is 1.23. The van der Waals surface area contributed by atoms with Gasteiger partial charge in [-0.2, -0.15) is 18.2 Å². The number of hydrogen-bond donors (Lipinski definition) is 0. The summed E-state index contributed by atoms with van der Waals surface area (Å²) < 4.78 is 37.1. The first-order chi connectivity index (χ1) is 7.83. The Labute approximate surface area is 106 Å². The van der Waals surface area contributed by atoms with Gasteiger partial charge in [0.2, 0.25) is 5.28 Å². The van der Waals surface area contributed by atoms with Crippen LogP contribution in [0.15, 0.2) is 0 Å². The normalized spacial score (nSPS) is 11.6. The van der Waals surface area contributed by atoms with Crippen molar-refractivity contribution in [1.82, 2.24) is 15.2 Å². The van der Waals surface area contributed by atoms with Crippen LogP contribution in [0.2, 0.25) is 10.4 Å². The summed E-state index contributed by atoms with van der Waals surface area (Å²) in [5.41, 5.74) is 0. The third kappa shape index (κ3) is 4.51. The van der Waals surface area contributed by atoms with Gasteiger partial charge in [0.15, 0.2) is 11.0 Å². The van der Waals surface area contributed by atoms with E-state index < -0.39 is 12.7 Å². The zero-order valence-electron chi connectivity index (χ0n) is 8.80. The van der Waals surface area contributed by atoms with Crippen LogP contribution in [0.5, 0.6) is 0 Å². The van der Waals surface area contributed by atoms with Gasteiger partial charge in [0.1, 0.15) is 6.54 Å². The number of rotatable bonds is 4. The summed E-state index contributed by atoms with van der Waals surface area (Å²) >= 11 is 11.1. The molecule has 0 aromatic carbocycles. The van der Waals surface area contributed by atoms with E-state index in [0.717, 1.165) is 4.90 Å². The highest BCUT2D eigenvalue weighted by atomic mass is 35.5. The highest BCUT2D eigenvalue weighted by molar-refractivity contribution is 6.32. The standard InChI is InChI=1S/C8H9Cl2F3N4/c1-2-3-17(4-8(11,12)13)6-5(9)15-16-7(10)14-6/h2-4H2,1H3. The van der Waals surface area contributed by atoms with E-state index in [9.17, 15) is 13.2 Å². The van der Waals surface area contributed by atoms with Crippen LogP contribution in [0, 0.1) is 0 Å².